The molecular formula is C42H26N6S. The molecule has 7 heteroatoms. The molecular weight excluding hydrogens is 621 g/mol. The third kappa shape index (κ3) is 5.62. The Bertz CT molecular complexity index is 2470. The zero-order valence-corrected chi connectivity index (χ0v) is 26.9. The number of benzene rings is 6. The van der Waals surface area contributed by atoms with Crippen LogP contribution >= 0.6 is 11.3 Å². The van der Waals surface area contributed by atoms with Crippen LogP contribution in [0.3, 0.4) is 0 Å². The zero-order chi connectivity index (χ0) is 32.6. The van der Waals surface area contributed by atoms with Gasteiger partial charge < -0.3 is 0 Å². The second-order valence-electron chi connectivity index (χ2n) is 11.6. The van der Waals surface area contributed by atoms with Crippen LogP contribution < -0.4 is 0 Å². The maximum Gasteiger partial charge on any atom is 0.164 e. The third-order valence-corrected chi connectivity index (χ3v) is 9.52. The van der Waals surface area contributed by atoms with Crippen molar-refractivity contribution in [3.63, 3.8) is 0 Å². The summed E-state index contributed by atoms with van der Waals surface area (Å²) in [7, 11) is 0. The molecule has 0 atom stereocenters. The van der Waals surface area contributed by atoms with Crippen molar-refractivity contribution in [2.75, 3.05) is 0 Å². The predicted octanol–water partition coefficient (Wildman–Crippen LogP) is 10.4. The van der Waals surface area contributed by atoms with Gasteiger partial charge in [0.15, 0.2) is 34.9 Å². The molecule has 3 aromatic heterocycles. The zero-order valence-electron chi connectivity index (χ0n) is 26.1. The first kappa shape index (κ1) is 28.8. The molecule has 9 aromatic rings. The van der Waals surface area contributed by atoms with Gasteiger partial charge in [0.05, 0.1) is 0 Å². The molecule has 49 heavy (non-hydrogen) atoms. The molecule has 0 spiro atoms. The Morgan fingerprint density at radius 2 is 0.612 bits per heavy atom. The largest absolute Gasteiger partial charge is 0.208 e. The summed E-state index contributed by atoms with van der Waals surface area (Å²) >= 11 is 1.75. The fourth-order valence-corrected chi connectivity index (χ4v) is 7.06. The minimum absolute atomic E-state index is 0.637. The van der Waals surface area contributed by atoms with E-state index in [1.54, 1.807) is 11.3 Å². The number of aromatic nitrogens is 6. The lowest BCUT2D eigenvalue weighted by molar-refractivity contribution is 1.07. The highest BCUT2D eigenvalue weighted by molar-refractivity contribution is 7.25. The summed E-state index contributed by atoms with van der Waals surface area (Å²) in [5.41, 5.74) is 5.66. The van der Waals surface area contributed by atoms with E-state index in [1.165, 1.54) is 4.70 Å². The minimum Gasteiger partial charge on any atom is -0.208 e. The van der Waals surface area contributed by atoms with E-state index in [1.807, 2.05) is 121 Å². The quantitative estimate of drug-likeness (QED) is 0.179. The summed E-state index contributed by atoms with van der Waals surface area (Å²) in [6, 6.07) is 53.1. The van der Waals surface area contributed by atoms with Gasteiger partial charge in [-0.3, -0.25) is 0 Å². The van der Waals surface area contributed by atoms with Crippen LogP contribution in [0.15, 0.2) is 158 Å². The van der Waals surface area contributed by atoms with Gasteiger partial charge in [0, 0.05) is 53.6 Å². The highest BCUT2D eigenvalue weighted by Gasteiger charge is 2.16. The minimum atomic E-state index is 0.637. The number of nitrogens with zero attached hydrogens (tertiary/aromatic N) is 6. The van der Waals surface area contributed by atoms with E-state index in [4.69, 9.17) is 29.9 Å². The molecule has 6 aromatic carbocycles. The Hall–Kier alpha value is -6.44. The van der Waals surface area contributed by atoms with Crippen LogP contribution in [0.4, 0.5) is 0 Å². The smallest absolute Gasteiger partial charge is 0.164 e. The van der Waals surface area contributed by atoms with Crippen LogP contribution in [0, 0.1) is 0 Å². The van der Waals surface area contributed by atoms with Crippen molar-refractivity contribution in [1.29, 1.82) is 0 Å². The van der Waals surface area contributed by atoms with Gasteiger partial charge in [0.25, 0.3) is 0 Å². The van der Waals surface area contributed by atoms with Gasteiger partial charge >= 0.3 is 0 Å². The lowest BCUT2D eigenvalue weighted by atomic mass is 10.1. The normalized spacial score (nSPS) is 11.3. The highest BCUT2D eigenvalue weighted by atomic mass is 32.1. The summed E-state index contributed by atoms with van der Waals surface area (Å²) in [5.74, 6) is 3.86. The van der Waals surface area contributed by atoms with E-state index in [9.17, 15) is 0 Å². The van der Waals surface area contributed by atoms with Crippen molar-refractivity contribution in [2.45, 2.75) is 0 Å². The summed E-state index contributed by atoms with van der Waals surface area (Å²) in [4.78, 5) is 29.5. The van der Waals surface area contributed by atoms with Gasteiger partial charge in [-0.1, -0.05) is 133 Å². The molecule has 6 nitrogen and oxygen atoms in total. The van der Waals surface area contributed by atoms with Gasteiger partial charge in [-0.2, -0.15) is 0 Å². The van der Waals surface area contributed by atoms with Crippen molar-refractivity contribution >= 4 is 31.5 Å². The molecule has 0 unspecified atom stereocenters. The van der Waals surface area contributed by atoms with Crippen LogP contribution in [-0.2, 0) is 0 Å². The van der Waals surface area contributed by atoms with E-state index in [2.05, 4.69) is 36.4 Å². The fourth-order valence-electron chi connectivity index (χ4n) is 5.93. The topological polar surface area (TPSA) is 77.3 Å². The fraction of sp³-hybridized carbons (Fsp3) is 0. The van der Waals surface area contributed by atoms with Crippen LogP contribution in [0.1, 0.15) is 0 Å². The molecule has 0 N–H and O–H groups in total. The number of hydrogen-bond acceptors (Lipinski definition) is 7. The molecule has 0 amide bonds. The molecule has 0 aliphatic carbocycles. The predicted molar refractivity (Wildman–Crippen MR) is 199 cm³/mol. The molecule has 0 aliphatic rings. The second-order valence-corrected chi connectivity index (χ2v) is 12.7. The number of thiophene rings is 1. The lowest BCUT2D eigenvalue weighted by Gasteiger charge is -2.09. The van der Waals surface area contributed by atoms with Gasteiger partial charge in [0.1, 0.15) is 0 Å². The second kappa shape index (κ2) is 12.3. The third-order valence-electron chi connectivity index (χ3n) is 8.39. The molecule has 0 fully saturated rings. The Kier molecular flexibility index (Phi) is 7.22. The van der Waals surface area contributed by atoms with Gasteiger partial charge in [-0.05, 0) is 24.3 Å². The van der Waals surface area contributed by atoms with Gasteiger partial charge in [0.2, 0.25) is 0 Å². The van der Waals surface area contributed by atoms with Crippen molar-refractivity contribution in [3.8, 4) is 68.3 Å². The van der Waals surface area contributed by atoms with Crippen LogP contribution in [-0.4, -0.2) is 29.9 Å². The standard InChI is InChI=1S/C42H26N6S/c1-5-13-27(14-6-1)37-43-38(28-15-7-2-8-16-28)46-41(45-37)31-22-24-35-34(25-31)33-23-21-32(26-36(33)49-35)42-47-39(29-17-9-3-10-18-29)44-40(48-42)30-19-11-4-12-20-30/h1-26H. The SMILES string of the molecule is c1ccc(-c2nc(-c3ccccc3)nc(-c3ccc4c(c3)sc3ccc(-c5nc(-c6ccccc6)nc(-c6ccccc6)n5)cc34)n2)cc1. The first-order valence-electron chi connectivity index (χ1n) is 16.0. The molecule has 0 saturated carbocycles. The van der Waals surface area contributed by atoms with Gasteiger partial charge in [-0.15, -0.1) is 11.3 Å². The van der Waals surface area contributed by atoms with E-state index >= 15 is 0 Å². The average Bonchev–Trinajstić information content (AvgIpc) is 3.56. The first-order valence-corrected chi connectivity index (χ1v) is 16.8. The number of hydrogen-bond donors (Lipinski definition) is 0. The van der Waals surface area contributed by atoms with E-state index in [0.29, 0.717) is 34.9 Å². The molecule has 0 aliphatic heterocycles. The monoisotopic (exact) mass is 646 g/mol. The van der Waals surface area contributed by atoms with E-state index < -0.39 is 0 Å². The Balaban J connectivity index is 1.15. The summed E-state index contributed by atoms with van der Waals surface area (Å²) < 4.78 is 2.33. The maximum atomic E-state index is 4.95. The number of fused-ring (bicyclic) bond motifs is 3. The molecule has 3 heterocycles. The Morgan fingerprint density at radius 1 is 0.265 bits per heavy atom. The Labute approximate surface area is 286 Å². The highest BCUT2D eigenvalue weighted by Crippen LogP contribution is 2.38. The molecule has 9 rings (SSSR count). The molecule has 0 bridgehead atoms. The van der Waals surface area contributed by atoms with Crippen molar-refractivity contribution in [3.05, 3.63) is 158 Å². The van der Waals surface area contributed by atoms with Crippen LogP contribution in [0.2, 0.25) is 0 Å². The summed E-state index contributed by atoms with van der Waals surface area (Å²) in [6.45, 7) is 0. The summed E-state index contributed by atoms with van der Waals surface area (Å²) in [6.07, 6.45) is 0. The summed E-state index contributed by atoms with van der Waals surface area (Å²) in [5, 5.41) is 2.31. The first-order chi connectivity index (χ1) is 24.2. The molecule has 0 saturated heterocycles. The van der Waals surface area contributed by atoms with Crippen molar-refractivity contribution < 1.29 is 0 Å². The average molecular weight is 647 g/mol. The Morgan fingerprint density at radius 3 is 1.02 bits per heavy atom. The molecule has 230 valence electrons. The maximum absolute atomic E-state index is 4.95. The lowest BCUT2D eigenvalue weighted by Crippen LogP contribution is -2.00. The van der Waals surface area contributed by atoms with Crippen molar-refractivity contribution in [1.82, 2.24) is 29.9 Å². The molecule has 0 radical (unpaired) electrons. The van der Waals surface area contributed by atoms with Crippen molar-refractivity contribution in [2.24, 2.45) is 0 Å². The van der Waals surface area contributed by atoms with Crippen LogP contribution in [0.25, 0.3) is 88.5 Å². The number of rotatable bonds is 6. The van der Waals surface area contributed by atoms with E-state index in [0.717, 1.165) is 48.9 Å². The van der Waals surface area contributed by atoms with Crippen LogP contribution in [0.5, 0.6) is 0 Å². The van der Waals surface area contributed by atoms with E-state index in [-0.39, 0.29) is 0 Å². The van der Waals surface area contributed by atoms with Gasteiger partial charge in [-0.25, -0.2) is 29.9 Å².